The number of azo groups is 2. The molecule has 0 unspecified atom stereocenters. The predicted molar refractivity (Wildman–Crippen MR) is 202 cm³/mol. The van der Waals surface area contributed by atoms with Crippen molar-refractivity contribution in [3.63, 3.8) is 0 Å². The van der Waals surface area contributed by atoms with Gasteiger partial charge in [0.15, 0.2) is 25.4 Å². The molecule has 0 aliphatic carbocycles. The van der Waals surface area contributed by atoms with E-state index in [1.165, 1.54) is 19.2 Å². The van der Waals surface area contributed by atoms with E-state index in [0.717, 1.165) is 37.4 Å². The molecule has 0 spiro atoms. The van der Waals surface area contributed by atoms with Gasteiger partial charge in [0, 0.05) is 17.8 Å². The summed E-state index contributed by atoms with van der Waals surface area (Å²) in [6, 6.07) is 8.18. The number of nitrogens with one attached hydrogen (secondary N) is 1. The first-order chi connectivity index (χ1) is 27.1. The van der Waals surface area contributed by atoms with Gasteiger partial charge >= 0.3 is 20.8 Å². The quantitative estimate of drug-likeness (QED) is 0.0616. The molecule has 4 aromatic rings. The number of methoxy groups -OCH3 is 1. The van der Waals surface area contributed by atoms with Crippen LogP contribution in [0.3, 0.4) is 0 Å². The van der Waals surface area contributed by atoms with Crippen molar-refractivity contribution in [1.29, 1.82) is 0 Å². The van der Waals surface area contributed by atoms with E-state index < -0.39 is 128 Å². The molecule has 0 saturated carbocycles. The van der Waals surface area contributed by atoms with Crippen molar-refractivity contribution in [2.24, 2.45) is 20.5 Å². The van der Waals surface area contributed by atoms with Gasteiger partial charge in [0.25, 0.3) is 20.2 Å². The molecule has 0 atom stereocenters. The second-order valence-electron chi connectivity index (χ2n) is 11.3. The summed E-state index contributed by atoms with van der Waals surface area (Å²) >= 11 is 0. The van der Waals surface area contributed by atoms with Crippen LogP contribution < -0.4 is 10.1 Å². The fraction of sp³-hybridized carbons (Fsp3) is 0.214. The van der Waals surface area contributed by atoms with Crippen LogP contribution in [0.25, 0.3) is 10.8 Å². The molecule has 0 fully saturated rings. The molecular weight excluding hydrogens is 919 g/mol. The molecule has 0 radical (unpaired) electrons. The molecule has 31 heteroatoms. The third kappa shape index (κ3) is 11.9. The van der Waals surface area contributed by atoms with E-state index in [9.17, 15) is 64.7 Å². The lowest BCUT2D eigenvalue weighted by molar-refractivity contribution is 0.282. The Morgan fingerprint density at radius 3 is 1.56 bits per heavy atom. The summed E-state index contributed by atoms with van der Waals surface area (Å²) in [5.41, 5.74) is -2.52. The number of phenolic OH excluding ortho intramolecular Hbond substituents is 1. The van der Waals surface area contributed by atoms with Gasteiger partial charge in [-0.3, -0.25) is 18.2 Å². The Balaban J connectivity index is 1.89. The minimum absolute atomic E-state index is 0.000561. The number of rotatable bonds is 18. The average Bonchev–Trinajstić information content (AvgIpc) is 3.10. The van der Waals surface area contributed by atoms with Crippen LogP contribution >= 0.6 is 0 Å². The standard InChI is InChI=1S/C28H29N5O20S6/c1-29-20-6-5-18-19(26(20)32-31-22-14-17(4-8-24(22)56(39,40)41)55(37,38)12-10-53-59(48,49)50)15-25(57(42,43)44)27(28(18)34)33-30-21-13-16(3-7-23(21)51-2)54(35,36)11-9-52-58(45,46)47/h3-8,13-15,29,34H,9-12H2,1-2H3,(H,39,40,41)(H,42,43,44)(H,45,46,47)(H,48,49,50). The molecule has 0 bridgehead atoms. The summed E-state index contributed by atoms with van der Waals surface area (Å²) in [7, 11) is -26.8. The van der Waals surface area contributed by atoms with Crippen LogP contribution in [-0.4, -0.2) is 113 Å². The largest absolute Gasteiger partial charge is 0.505 e. The first kappa shape index (κ1) is 46.9. The second-order valence-corrected chi connectivity index (χ2v) is 20.5. The van der Waals surface area contributed by atoms with Gasteiger partial charge in [0.1, 0.15) is 38.3 Å². The number of nitrogens with zero attached hydrogens (tertiary/aromatic N) is 4. The van der Waals surface area contributed by atoms with Crippen molar-refractivity contribution < 1.29 is 86.9 Å². The number of hydrogen-bond donors (Lipinski definition) is 6. The molecule has 0 heterocycles. The zero-order valence-electron chi connectivity index (χ0n) is 29.6. The second kappa shape index (κ2) is 17.4. The average molecular weight is 948 g/mol. The Morgan fingerprint density at radius 1 is 0.576 bits per heavy atom. The lowest BCUT2D eigenvalue weighted by atomic mass is 10.1. The Bertz CT molecular complexity index is 3070. The van der Waals surface area contributed by atoms with Gasteiger partial charge in [-0.2, -0.15) is 33.7 Å². The Morgan fingerprint density at radius 2 is 1.07 bits per heavy atom. The minimum Gasteiger partial charge on any atom is -0.505 e. The van der Waals surface area contributed by atoms with Crippen LogP contribution in [-0.2, 0) is 69.1 Å². The maximum atomic E-state index is 12.9. The zero-order valence-corrected chi connectivity index (χ0v) is 34.5. The van der Waals surface area contributed by atoms with Gasteiger partial charge in [-0.25, -0.2) is 25.2 Å². The van der Waals surface area contributed by atoms with Crippen molar-refractivity contribution in [3.05, 3.63) is 54.6 Å². The topological polar surface area (TPSA) is 395 Å². The van der Waals surface area contributed by atoms with E-state index >= 15 is 0 Å². The monoisotopic (exact) mass is 947 g/mol. The number of ether oxygens (including phenoxy) is 1. The lowest BCUT2D eigenvalue weighted by Crippen LogP contribution is -2.15. The van der Waals surface area contributed by atoms with E-state index in [0.29, 0.717) is 12.1 Å². The smallest absolute Gasteiger partial charge is 0.397 e. The van der Waals surface area contributed by atoms with E-state index in [1.54, 1.807) is 0 Å². The molecule has 4 rings (SSSR count). The maximum Gasteiger partial charge on any atom is 0.397 e. The van der Waals surface area contributed by atoms with Crippen molar-refractivity contribution in [2.45, 2.75) is 19.6 Å². The fourth-order valence-electron chi connectivity index (χ4n) is 4.88. The lowest BCUT2D eigenvalue weighted by Gasteiger charge is -2.13. The molecule has 4 aromatic carbocycles. The molecular formula is C28H29N5O20S6. The highest BCUT2D eigenvalue weighted by atomic mass is 32.3. The number of phenols is 1. The Kier molecular flexibility index (Phi) is 13.8. The SMILES string of the molecule is CNc1ccc2c(O)c(N=Nc3cc(S(=O)(=O)CCOS(=O)(=O)O)ccc3OC)c(S(=O)(=O)O)cc2c1N=Nc1cc(S(=O)(=O)CCOS(=O)(=O)O)ccc1S(=O)(=O)O. The molecule has 322 valence electrons. The highest BCUT2D eigenvalue weighted by molar-refractivity contribution is 7.92. The molecule has 0 aliphatic rings. The predicted octanol–water partition coefficient (Wildman–Crippen LogP) is 3.11. The minimum atomic E-state index is -5.35. The first-order valence-corrected chi connectivity index (χ1v) is 24.3. The van der Waals surface area contributed by atoms with Crippen LogP contribution in [0.1, 0.15) is 0 Å². The summed E-state index contributed by atoms with van der Waals surface area (Å²) in [4.78, 5) is -3.29. The van der Waals surface area contributed by atoms with Crippen molar-refractivity contribution in [3.8, 4) is 11.5 Å². The van der Waals surface area contributed by atoms with E-state index in [4.69, 9.17) is 13.8 Å². The summed E-state index contributed by atoms with van der Waals surface area (Å²) < 4.78 is 195. The highest BCUT2D eigenvalue weighted by Crippen LogP contribution is 2.47. The van der Waals surface area contributed by atoms with Gasteiger partial charge in [-0.05, 0) is 54.6 Å². The van der Waals surface area contributed by atoms with Crippen LogP contribution in [0.2, 0.25) is 0 Å². The van der Waals surface area contributed by atoms with Gasteiger partial charge in [0.2, 0.25) is 0 Å². The van der Waals surface area contributed by atoms with Crippen molar-refractivity contribution >= 4 is 99.9 Å². The molecule has 0 amide bonds. The van der Waals surface area contributed by atoms with Crippen LogP contribution in [0, 0.1) is 0 Å². The molecule has 0 saturated heterocycles. The molecule has 6 N–H and O–H groups in total. The molecule has 25 nitrogen and oxygen atoms in total. The summed E-state index contributed by atoms with van der Waals surface area (Å²) in [5.74, 6) is -3.13. The van der Waals surface area contributed by atoms with Gasteiger partial charge in [-0.1, -0.05) is 0 Å². The molecule has 59 heavy (non-hydrogen) atoms. The number of sulfone groups is 2. The summed E-state index contributed by atoms with van der Waals surface area (Å²) in [6.45, 7) is -2.03. The third-order valence-corrected chi connectivity index (χ3v) is 13.6. The van der Waals surface area contributed by atoms with E-state index in [-0.39, 0.29) is 27.9 Å². The number of benzene rings is 4. The zero-order chi connectivity index (χ0) is 44.4. The number of hydrogen-bond acceptors (Lipinski definition) is 21. The van der Waals surface area contributed by atoms with Gasteiger partial charge in [-0.15, -0.1) is 20.5 Å². The number of fused-ring (bicyclic) bond motifs is 1. The van der Waals surface area contributed by atoms with Crippen LogP contribution in [0.5, 0.6) is 11.5 Å². The van der Waals surface area contributed by atoms with Crippen molar-refractivity contribution in [1.82, 2.24) is 0 Å². The van der Waals surface area contributed by atoms with E-state index in [1.807, 2.05) is 0 Å². The van der Waals surface area contributed by atoms with Crippen LogP contribution in [0.4, 0.5) is 28.4 Å². The summed E-state index contributed by atoms with van der Waals surface area (Å²) in [5, 5.41) is 28.6. The van der Waals surface area contributed by atoms with Gasteiger partial charge < -0.3 is 15.2 Å². The maximum absolute atomic E-state index is 12.9. The summed E-state index contributed by atoms with van der Waals surface area (Å²) in [6.07, 6.45) is 0. The van der Waals surface area contributed by atoms with Crippen LogP contribution in [0.15, 0.2) is 94.6 Å². The third-order valence-electron chi connectivity index (χ3n) is 7.51. The van der Waals surface area contributed by atoms with Gasteiger partial charge in [0.05, 0.1) is 47.3 Å². The number of aromatic hydroxyl groups is 1. The highest BCUT2D eigenvalue weighted by Gasteiger charge is 2.26. The number of anilines is 1. The molecule has 0 aliphatic heterocycles. The first-order valence-electron chi connectivity index (χ1n) is 15.4. The van der Waals surface area contributed by atoms with E-state index in [2.05, 4.69) is 34.1 Å². The molecule has 0 aromatic heterocycles. The Hall–Kier alpha value is -4.80. The fourth-order valence-corrected chi connectivity index (χ4v) is 9.14. The Labute approximate surface area is 335 Å². The van der Waals surface area contributed by atoms with Crippen molar-refractivity contribution in [2.75, 3.05) is 44.2 Å². The normalized spacial score (nSPS) is 13.4.